The van der Waals surface area contributed by atoms with E-state index < -0.39 is 9.84 Å². The molecule has 0 saturated heterocycles. The normalized spacial score (nSPS) is 14.1. The van der Waals surface area contributed by atoms with Crippen molar-refractivity contribution in [2.24, 2.45) is 5.73 Å². The Morgan fingerprint density at radius 2 is 1.67 bits per heavy atom. The van der Waals surface area contributed by atoms with Gasteiger partial charge in [0.2, 0.25) is 0 Å². The highest BCUT2D eigenvalue weighted by Crippen LogP contribution is 2.08. The SMILES string of the molecule is CCCCCCCC(N)CCS(C)(=O)=O. The molecule has 1 unspecified atom stereocenters. The summed E-state index contributed by atoms with van der Waals surface area (Å²) < 4.78 is 21.8. The number of hydrogen-bond acceptors (Lipinski definition) is 3. The average Bonchev–Trinajstić information content (AvgIpc) is 2.13. The molecule has 0 heterocycles. The third kappa shape index (κ3) is 11.8. The molecule has 0 aliphatic rings. The Morgan fingerprint density at radius 1 is 1.07 bits per heavy atom. The monoisotopic (exact) mass is 235 g/mol. The summed E-state index contributed by atoms with van der Waals surface area (Å²) >= 11 is 0. The van der Waals surface area contributed by atoms with E-state index in [0.29, 0.717) is 6.42 Å². The zero-order chi connectivity index (χ0) is 11.7. The largest absolute Gasteiger partial charge is 0.328 e. The maximum Gasteiger partial charge on any atom is 0.147 e. The number of rotatable bonds is 9. The molecule has 0 fully saturated rings. The molecule has 0 aliphatic heterocycles. The van der Waals surface area contributed by atoms with Crippen LogP contribution in [0.1, 0.15) is 51.9 Å². The van der Waals surface area contributed by atoms with E-state index in [1.54, 1.807) is 0 Å². The van der Waals surface area contributed by atoms with Crippen molar-refractivity contribution in [2.45, 2.75) is 57.9 Å². The molecule has 0 amide bonds. The second-order valence-corrected chi connectivity index (χ2v) is 6.64. The molecule has 0 aromatic carbocycles. The van der Waals surface area contributed by atoms with Gasteiger partial charge in [0.25, 0.3) is 0 Å². The van der Waals surface area contributed by atoms with Crippen molar-refractivity contribution in [1.29, 1.82) is 0 Å². The Bertz CT molecular complexity index is 237. The maximum atomic E-state index is 10.9. The molecule has 1 atom stereocenters. The first-order chi connectivity index (χ1) is 6.95. The fourth-order valence-corrected chi connectivity index (χ4v) is 2.25. The van der Waals surface area contributed by atoms with Crippen LogP contribution >= 0.6 is 0 Å². The van der Waals surface area contributed by atoms with E-state index in [1.807, 2.05) is 0 Å². The minimum atomic E-state index is -2.84. The zero-order valence-corrected chi connectivity index (χ0v) is 10.9. The van der Waals surface area contributed by atoms with E-state index in [2.05, 4.69) is 6.92 Å². The van der Waals surface area contributed by atoms with Crippen molar-refractivity contribution in [3.63, 3.8) is 0 Å². The molecule has 0 aliphatic carbocycles. The molecule has 0 radical (unpaired) electrons. The van der Waals surface area contributed by atoms with Crippen LogP contribution in [0, 0.1) is 0 Å². The van der Waals surface area contributed by atoms with Gasteiger partial charge in [0.15, 0.2) is 0 Å². The summed E-state index contributed by atoms with van der Waals surface area (Å²) in [4.78, 5) is 0. The lowest BCUT2D eigenvalue weighted by atomic mass is 10.1. The highest BCUT2D eigenvalue weighted by Gasteiger charge is 2.07. The molecule has 0 bridgehead atoms. The van der Waals surface area contributed by atoms with Crippen LogP contribution in [0.25, 0.3) is 0 Å². The third-order valence-corrected chi connectivity index (χ3v) is 3.52. The van der Waals surface area contributed by atoms with Gasteiger partial charge in [-0.05, 0) is 12.8 Å². The zero-order valence-electron chi connectivity index (χ0n) is 10.0. The fourth-order valence-electron chi connectivity index (χ4n) is 1.52. The van der Waals surface area contributed by atoms with Gasteiger partial charge >= 0.3 is 0 Å². The lowest BCUT2D eigenvalue weighted by molar-refractivity contribution is 0.526. The Labute approximate surface area is 94.4 Å². The Morgan fingerprint density at radius 3 is 2.20 bits per heavy atom. The summed E-state index contributed by atoms with van der Waals surface area (Å²) in [7, 11) is -2.84. The lowest BCUT2D eigenvalue weighted by Gasteiger charge is -2.10. The first-order valence-electron chi connectivity index (χ1n) is 5.89. The summed E-state index contributed by atoms with van der Waals surface area (Å²) in [5.41, 5.74) is 5.83. The predicted octanol–water partition coefficient (Wildman–Crippen LogP) is 2.11. The van der Waals surface area contributed by atoms with Gasteiger partial charge in [-0.2, -0.15) is 0 Å². The molecule has 4 heteroatoms. The Kier molecular flexibility index (Phi) is 8.06. The van der Waals surface area contributed by atoms with Gasteiger partial charge < -0.3 is 5.73 Å². The molecule has 0 aromatic rings. The number of unbranched alkanes of at least 4 members (excludes halogenated alkanes) is 4. The molecule has 15 heavy (non-hydrogen) atoms. The topological polar surface area (TPSA) is 60.2 Å². The van der Waals surface area contributed by atoms with E-state index in [4.69, 9.17) is 5.73 Å². The second kappa shape index (κ2) is 8.11. The quantitative estimate of drug-likeness (QED) is 0.623. The van der Waals surface area contributed by atoms with Gasteiger partial charge in [-0.1, -0.05) is 39.0 Å². The van der Waals surface area contributed by atoms with Gasteiger partial charge in [0, 0.05) is 12.3 Å². The molecule has 92 valence electrons. The van der Waals surface area contributed by atoms with E-state index in [0.717, 1.165) is 12.8 Å². The van der Waals surface area contributed by atoms with E-state index in [1.165, 1.54) is 31.9 Å². The smallest absolute Gasteiger partial charge is 0.147 e. The summed E-state index contributed by atoms with van der Waals surface area (Å²) in [6.07, 6.45) is 8.99. The Balaban J connectivity index is 3.37. The summed E-state index contributed by atoms with van der Waals surface area (Å²) in [6, 6.07) is 0.0568. The molecule has 0 aromatic heterocycles. The van der Waals surface area contributed by atoms with Gasteiger partial charge in [-0.25, -0.2) is 8.42 Å². The van der Waals surface area contributed by atoms with Gasteiger partial charge in [-0.3, -0.25) is 0 Å². The Hall–Kier alpha value is -0.0900. The molecular weight excluding hydrogens is 210 g/mol. The lowest BCUT2D eigenvalue weighted by Crippen LogP contribution is -2.23. The summed E-state index contributed by atoms with van der Waals surface area (Å²) in [6.45, 7) is 2.19. The van der Waals surface area contributed by atoms with Gasteiger partial charge in [0.1, 0.15) is 9.84 Å². The standard InChI is InChI=1S/C11H25NO2S/c1-3-4-5-6-7-8-11(12)9-10-15(2,13)14/h11H,3-10,12H2,1-2H3. The van der Waals surface area contributed by atoms with Crippen molar-refractivity contribution in [3.05, 3.63) is 0 Å². The van der Waals surface area contributed by atoms with Crippen LogP contribution < -0.4 is 5.73 Å². The maximum absolute atomic E-state index is 10.9. The summed E-state index contributed by atoms with van der Waals surface area (Å²) in [5, 5.41) is 0. The van der Waals surface area contributed by atoms with E-state index in [-0.39, 0.29) is 11.8 Å². The number of nitrogens with two attached hydrogens (primary N) is 1. The van der Waals surface area contributed by atoms with Crippen LogP contribution in [0.3, 0.4) is 0 Å². The highest BCUT2D eigenvalue weighted by molar-refractivity contribution is 7.90. The van der Waals surface area contributed by atoms with E-state index in [9.17, 15) is 8.42 Å². The predicted molar refractivity (Wildman–Crippen MR) is 65.7 cm³/mol. The van der Waals surface area contributed by atoms with Crippen LogP contribution in [0.2, 0.25) is 0 Å². The third-order valence-electron chi connectivity index (χ3n) is 2.54. The molecule has 3 nitrogen and oxygen atoms in total. The molecular formula is C11H25NO2S. The molecule has 0 spiro atoms. The summed E-state index contributed by atoms with van der Waals surface area (Å²) in [5.74, 6) is 0.225. The fraction of sp³-hybridized carbons (Fsp3) is 1.00. The average molecular weight is 235 g/mol. The first-order valence-corrected chi connectivity index (χ1v) is 7.95. The van der Waals surface area contributed by atoms with Crippen molar-refractivity contribution in [3.8, 4) is 0 Å². The van der Waals surface area contributed by atoms with Crippen LogP contribution in [-0.2, 0) is 9.84 Å². The van der Waals surface area contributed by atoms with Gasteiger partial charge in [-0.15, -0.1) is 0 Å². The number of hydrogen-bond donors (Lipinski definition) is 1. The van der Waals surface area contributed by atoms with E-state index >= 15 is 0 Å². The highest BCUT2D eigenvalue weighted by atomic mass is 32.2. The van der Waals surface area contributed by atoms with Crippen LogP contribution in [0.5, 0.6) is 0 Å². The van der Waals surface area contributed by atoms with Crippen molar-refractivity contribution in [2.75, 3.05) is 12.0 Å². The molecule has 2 N–H and O–H groups in total. The molecule has 0 rings (SSSR count). The van der Waals surface area contributed by atoms with Crippen LogP contribution in [0.4, 0.5) is 0 Å². The minimum Gasteiger partial charge on any atom is -0.328 e. The van der Waals surface area contributed by atoms with Gasteiger partial charge in [0.05, 0.1) is 5.75 Å². The second-order valence-electron chi connectivity index (χ2n) is 4.38. The van der Waals surface area contributed by atoms with Crippen molar-refractivity contribution < 1.29 is 8.42 Å². The first kappa shape index (κ1) is 14.9. The van der Waals surface area contributed by atoms with Crippen molar-refractivity contribution >= 4 is 9.84 Å². The molecule has 0 saturated carbocycles. The minimum absolute atomic E-state index is 0.0568. The van der Waals surface area contributed by atoms with Crippen LogP contribution in [0.15, 0.2) is 0 Å². The number of sulfone groups is 1. The van der Waals surface area contributed by atoms with Crippen LogP contribution in [-0.4, -0.2) is 26.5 Å². The van der Waals surface area contributed by atoms with Crippen molar-refractivity contribution in [1.82, 2.24) is 0 Å².